The van der Waals surface area contributed by atoms with Gasteiger partial charge in [-0.3, -0.25) is 4.79 Å². The van der Waals surface area contributed by atoms with Crippen molar-refractivity contribution in [1.82, 2.24) is 19.7 Å². The Morgan fingerprint density at radius 2 is 1.86 bits per heavy atom. The lowest BCUT2D eigenvalue weighted by atomic mass is 10.1. The van der Waals surface area contributed by atoms with Crippen LogP contribution in [0.25, 0.3) is 16.7 Å². The minimum atomic E-state index is -0.136. The van der Waals surface area contributed by atoms with E-state index in [0.717, 1.165) is 11.4 Å². The van der Waals surface area contributed by atoms with Crippen molar-refractivity contribution in [3.8, 4) is 11.4 Å². The fourth-order valence-corrected chi connectivity index (χ4v) is 4.13. The van der Waals surface area contributed by atoms with E-state index in [1.54, 1.807) is 22.9 Å². The van der Waals surface area contributed by atoms with Crippen molar-refractivity contribution >= 4 is 28.5 Å². The van der Waals surface area contributed by atoms with E-state index in [4.69, 9.17) is 21.1 Å². The molecule has 29 heavy (non-hydrogen) atoms. The van der Waals surface area contributed by atoms with Crippen molar-refractivity contribution in [3.05, 3.63) is 46.7 Å². The number of morpholine rings is 1. The molecule has 1 aliphatic heterocycles. The van der Waals surface area contributed by atoms with Gasteiger partial charge in [-0.15, -0.1) is 0 Å². The number of rotatable bonds is 3. The summed E-state index contributed by atoms with van der Waals surface area (Å²) < 4.78 is 12.7. The lowest BCUT2D eigenvalue weighted by Gasteiger charge is -2.35. The second kappa shape index (κ2) is 7.65. The molecule has 1 aromatic carbocycles. The van der Waals surface area contributed by atoms with Crippen LogP contribution in [0.5, 0.6) is 5.75 Å². The third kappa shape index (κ3) is 3.56. The molecule has 2 aromatic heterocycles. The van der Waals surface area contributed by atoms with Gasteiger partial charge in [-0.1, -0.05) is 11.6 Å². The number of methoxy groups -OCH3 is 1. The first kappa shape index (κ1) is 19.7. The van der Waals surface area contributed by atoms with E-state index >= 15 is 0 Å². The average Bonchev–Trinajstić information content (AvgIpc) is 3.04. The molecule has 0 radical (unpaired) electrons. The number of carbonyl (C=O) groups is 1. The van der Waals surface area contributed by atoms with Gasteiger partial charge < -0.3 is 14.4 Å². The smallest absolute Gasteiger partial charge is 0.257 e. The maximum Gasteiger partial charge on any atom is 0.257 e. The molecule has 4 rings (SSSR count). The summed E-state index contributed by atoms with van der Waals surface area (Å²) in [6, 6.07) is 7.52. The number of ether oxygens (including phenoxy) is 2. The summed E-state index contributed by atoms with van der Waals surface area (Å²) in [6.07, 6.45) is 1.51. The molecule has 0 spiro atoms. The molecule has 7 nitrogen and oxygen atoms in total. The maximum atomic E-state index is 13.1. The van der Waals surface area contributed by atoms with Gasteiger partial charge in [0.25, 0.3) is 5.91 Å². The SMILES string of the molecule is COc1ccc(-n2nc(C)c3c(Cl)c(C(=O)N4C[C@@H](C)O[C@H](C)C4)cnc32)cc1. The molecule has 0 bridgehead atoms. The van der Waals surface area contributed by atoms with Crippen LogP contribution >= 0.6 is 11.6 Å². The van der Waals surface area contributed by atoms with Gasteiger partial charge in [-0.2, -0.15) is 5.10 Å². The molecule has 0 N–H and O–H groups in total. The van der Waals surface area contributed by atoms with Crippen LogP contribution < -0.4 is 4.74 Å². The van der Waals surface area contributed by atoms with Gasteiger partial charge in [0.1, 0.15) is 5.75 Å². The van der Waals surface area contributed by atoms with Gasteiger partial charge >= 0.3 is 0 Å². The molecule has 2 atom stereocenters. The molecule has 1 aliphatic rings. The van der Waals surface area contributed by atoms with Crippen LogP contribution in [-0.4, -0.2) is 58.0 Å². The molecule has 8 heteroatoms. The summed E-state index contributed by atoms with van der Waals surface area (Å²) >= 11 is 6.69. The van der Waals surface area contributed by atoms with Gasteiger partial charge in [0.05, 0.1) is 46.7 Å². The molecule has 0 unspecified atom stereocenters. The van der Waals surface area contributed by atoms with Gasteiger partial charge in [0, 0.05) is 19.3 Å². The van der Waals surface area contributed by atoms with E-state index in [1.807, 2.05) is 45.0 Å². The molecule has 1 saturated heterocycles. The average molecular weight is 415 g/mol. The fourth-order valence-electron chi connectivity index (χ4n) is 3.77. The Kier molecular flexibility index (Phi) is 5.19. The monoisotopic (exact) mass is 414 g/mol. The Morgan fingerprint density at radius 1 is 1.21 bits per heavy atom. The molecular weight excluding hydrogens is 392 g/mol. The normalized spacial score (nSPS) is 19.6. The lowest BCUT2D eigenvalue weighted by Crippen LogP contribution is -2.48. The van der Waals surface area contributed by atoms with E-state index in [9.17, 15) is 4.79 Å². The van der Waals surface area contributed by atoms with Crippen LogP contribution in [0.15, 0.2) is 30.5 Å². The number of hydrogen-bond acceptors (Lipinski definition) is 5. The molecular formula is C21H23ClN4O3. The number of benzene rings is 1. The van der Waals surface area contributed by atoms with Crippen LogP contribution in [0.1, 0.15) is 29.9 Å². The predicted molar refractivity (Wildman–Crippen MR) is 111 cm³/mol. The van der Waals surface area contributed by atoms with Crippen molar-refractivity contribution in [2.45, 2.75) is 33.0 Å². The van der Waals surface area contributed by atoms with Crippen LogP contribution in [0.4, 0.5) is 0 Å². The Morgan fingerprint density at radius 3 is 2.48 bits per heavy atom. The number of carbonyl (C=O) groups excluding carboxylic acids is 1. The number of aromatic nitrogens is 3. The standard InChI is InChI=1S/C21H23ClN4O3/c1-12-10-25(11-13(2)29-12)21(27)17-9-23-20-18(19(17)22)14(3)24-26(20)15-5-7-16(28-4)8-6-15/h5-9,12-13H,10-11H2,1-4H3/t12-,13-/m1/s1. The number of hydrogen-bond donors (Lipinski definition) is 0. The predicted octanol–water partition coefficient (Wildman–Crippen LogP) is 3.64. The summed E-state index contributed by atoms with van der Waals surface area (Å²) in [5, 5.41) is 5.66. The van der Waals surface area contributed by atoms with E-state index in [1.165, 1.54) is 0 Å². The van der Waals surface area contributed by atoms with Crippen LogP contribution in [0.3, 0.4) is 0 Å². The van der Waals surface area contributed by atoms with E-state index in [0.29, 0.717) is 40.4 Å². The van der Waals surface area contributed by atoms with Crippen molar-refractivity contribution in [2.75, 3.05) is 20.2 Å². The van der Waals surface area contributed by atoms with Crippen LogP contribution in [0, 0.1) is 6.92 Å². The number of halogens is 1. The van der Waals surface area contributed by atoms with Crippen LogP contribution in [-0.2, 0) is 4.74 Å². The Balaban J connectivity index is 1.74. The Hall–Kier alpha value is -2.64. The number of amides is 1. The number of aryl methyl sites for hydroxylation is 1. The van der Waals surface area contributed by atoms with Gasteiger partial charge in [0.15, 0.2) is 5.65 Å². The van der Waals surface area contributed by atoms with E-state index in [-0.39, 0.29) is 18.1 Å². The lowest BCUT2D eigenvalue weighted by molar-refractivity contribution is -0.0586. The number of fused-ring (bicyclic) bond motifs is 1. The molecule has 1 fully saturated rings. The molecule has 0 aliphatic carbocycles. The fraction of sp³-hybridized carbons (Fsp3) is 0.381. The highest BCUT2D eigenvalue weighted by Crippen LogP contribution is 2.31. The summed E-state index contributed by atoms with van der Waals surface area (Å²) in [4.78, 5) is 19.4. The second-order valence-corrected chi connectivity index (χ2v) is 7.73. The summed E-state index contributed by atoms with van der Waals surface area (Å²) in [5.41, 5.74) is 2.55. The maximum absolute atomic E-state index is 13.1. The zero-order chi connectivity index (χ0) is 20.7. The first-order chi connectivity index (χ1) is 13.9. The highest BCUT2D eigenvalue weighted by Gasteiger charge is 2.29. The van der Waals surface area contributed by atoms with E-state index in [2.05, 4.69) is 10.1 Å². The summed E-state index contributed by atoms with van der Waals surface area (Å²) in [6.45, 7) is 6.84. The quantitative estimate of drug-likeness (QED) is 0.654. The van der Waals surface area contributed by atoms with Crippen molar-refractivity contribution in [1.29, 1.82) is 0 Å². The molecule has 3 aromatic rings. The van der Waals surface area contributed by atoms with E-state index < -0.39 is 0 Å². The van der Waals surface area contributed by atoms with Crippen molar-refractivity contribution in [3.63, 3.8) is 0 Å². The Bertz CT molecular complexity index is 1050. The van der Waals surface area contributed by atoms with Crippen LogP contribution in [0.2, 0.25) is 5.02 Å². The first-order valence-corrected chi connectivity index (χ1v) is 9.89. The minimum Gasteiger partial charge on any atom is -0.497 e. The largest absolute Gasteiger partial charge is 0.497 e. The summed E-state index contributed by atoms with van der Waals surface area (Å²) in [7, 11) is 1.62. The minimum absolute atomic E-state index is 0.0160. The van der Waals surface area contributed by atoms with Crippen molar-refractivity contribution < 1.29 is 14.3 Å². The molecule has 152 valence electrons. The zero-order valence-corrected chi connectivity index (χ0v) is 17.6. The van der Waals surface area contributed by atoms with Gasteiger partial charge in [-0.05, 0) is 45.0 Å². The second-order valence-electron chi connectivity index (χ2n) is 7.35. The molecule has 1 amide bonds. The topological polar surface area (TPSA) is 69.5 Å². The summed E-state index contributed by atoms with van der Waals surface area (Å²) in [5.74, 6) is 0.623. The zero-order valence-electron chi connectivity index (χ0n) is 16.8. The third-order valence-electron chi connectivity index (χ3n) is 5.06. The third-order valence-corrected chi connectivity index (χ3v) is 5.45. The van der Waals surface area contributed by atoms with Gasteiger partial charge in [-0.25, -0.2) is 9.67 Å². The highest BCUT2D eigenvalue weighted by molar-refractivity contribution is 6.38. The Labute approximate surface area is 174 Å². The molecule has 3 heterocycles. The van der Waals surface area contributed by atoms with Crippen molar-refractivity contribution in [2.24, 2.45) is 0 Å². The first-order valence-electron chi connectivity index (χ1n) is 9.52. The highest BCUT2D eigenvalue weighted by atomic mass is 35.5. The number of nitrogens with zero attached hydrogens (tertiary/aromatic N) is 4. The van der Waals surface area contributed by atoms with Gasteiger partial charge in [0.2, 0.25) is 0 Å². The number of pyridine rings is 1. The molecule has 0 saturated carbocycles.